The molecule has 0 saturated carbocycles. The average molecular weight is 140 g/mol. The van der Waals surface area contributed by atoms with Crippen LogP contribution >= 0.6 is 0 Å². The zero-order valence-electron chi connectivity index (χ0n) is 4.11. The number of rotatable bonds is 3. The van der Waals surface area contributed by atoms with Crippen LogP contribution in [0.1, 0.15) is 0 Å². The Morgan fingerprint density at radius 2 is 1.75 bits per heavy atom. The van der Waals surface area contributed by atoms with Gasteiger partial charge in [0.15, 0.2) is 0 Å². The standard InChI is InChI=1S/C2H8O5Si/c3-1-2-7-8(4,5)6/h3-6H,1-2H2. The summed E-state index contributed by atoms with van der Waals surface area (Å²) in [6.45, 7) is -0.591. The fourth-order valence-electron chi connectivity index (χ4n) is 0.183. The molecular formula is C2H8O5Si. The van der Waals surface area contributed by atoms with Crippen molar-refractivity contribution in [2.45, 2.75) is 0 Å². The van der Waals surface area contributed by atoms with E-state index in [4.69, 9.17) is 19.5 Å². The summed E-state index contributed by atoms with van der Waals surface area (Å²) in [6, 6.07) is 0. The summed E-state index contributed by atoms with van der Waals surface area (Å²) in [5, 5.41) is 7.99. The minimum absolute atomic E-state index is 0.254. The summed E-state index contributed by atoms with van der Waals surface area (Å²) in [5.74, 6) is 0. The lowest BCUT2D eigenvalue weighted by molar-refractivity contribution is 0.0475. The fourth-order valence-corrected chi connectivity index (χ4v) is 0.548. The van der Waals surface area contributed by atoms with Gasteiger partial charge in [0.1, 0.15) is 0 Å². The SMILES string of the molecule is OCCO[Si](O)(O)O. The highest BCUT2D eigenvalue weighted by atomic mass is 28.4. The highest BCUT2D eigenvalue weighted by molar-refractivity contribution is 6.48. The van der Waals surface area contributed by atoms with Gasteiger partial charge >= 0.3 is 9.05 Å². The van der Waals surface area contributed by atoms with Crippen molar-refractivity contribution < 1.29 is 23.9 Å². The molecule has 0 amide bonds. The number of aliphatic hydroxyl groups is 1. The van der Waals surface area contributed by atoms with Crippen LogP contribution in [0.4, 0.5) is 0 Å². The first-order valence-electron chi connectivity index (χ1n) is 1.98. The van der Waals surface area contributed by atoms with Crippen molar-refractivity contribution in [3.8, 4) is 0 Å². The van der Waals surface area contributed by atoms with Crippen LogP contribution in [0.15, 0.2) is 0 Å². The van der Waals surface area contributed by atoms with E-state index >= 15 is 0 Å². The van der Waals surface area contributed by atoms with E-state index in [0.29, 0.717) is 0 Å². The van der Waals surface area contributed by atoms with E-state index < -0.39 is 9.05 Å². The van der Waals surface area contributed by atoms with Crippen molar-refractivity contribution in [2.75, 3.05) is 13.2 Å². The van der Waals surface area contributed by atoms with Gasteiger partial charge in [0.05, 0.1) is 13.2 Å². The van der Waals surface area contributed by atoms with Gasteiger partial charge in [-0.25, -0.2) is 0 Å². The molecule has 8 heavy (non-hydrogen) atoms. The summed E-state index contributed by atoms with van der Waals surface area (Å²) < 4.78 is 3.93. The maximum Gasteiger partial charge on any atom is 0.671 e. The average Bonchev–Trinajstić information content (AvgIpc) is 1.59. The third kappa shape index (κ3) is 6.02. The molecule has 5 nitrogen and oxygen atoms in total. The molecule has 0 aliphatic heterocycles. The van der Waals surface area contributed by atoms with Crippen molar-refractivity contribution in [2.24, 2.45) is 0 Å². The predicted molar refractivity (Wildman–Crippen MR) is 25.4 cm³/mol. The van der Waals surface area contributed by atoms with E-state index in [9.17, 15) is 0 Å². The first kappa shape index (κ1) is 8.02. The van der Waals surface area contributed by atoms with Gasteiger partial charge in [-0.3, -0.25) is 0 Å². The van der Waals surface area contributed by atoms with Crippen LogP contribution in [0.3, 0.4) is 0 Å². The van der Waals surface area contributed by atoms with Crippen LogP contribution in [0.2, 0.25) is 0 Å². The number of aliphatic hydroxyl groups excluding tert-OH is 1. The lowest BCUT2D eigenvalue weighted by Gasteiger charge is -2.06. The summed E-state index contributed by atoms with van der Waals surface area (Å²) in [7, 11) is -4.34. The van der Waals surface area contributed by atoms with Crippen molar-refractivity contribution in [3.05, 3.63) is 0 Å². The van der Waals surface area contributed by atoms with Crippen LogP contribution in [0, 0.1) is 0 Å². The lowest BCUT2D eigenvalue weighted by atomic mass is 10.8. The Morgan fingerprint density at radius 3 is 1.88 bits per heavy atom. The fraction of sp³-hybridized carbons (Fsp3) is 1.00. The monoisotopic (exact) mass is 140 g/mol. The van der Waals surface area contributed by atoms with Crippen LogP contribution < -0.4 is 0 Å². The van der Waals surface area contributed by atoms with Crippen molar-refractivity contribution >= 4 is 9.05 Å². The number of hydrogen-bond donors (Lipinski definition) is 4. The predicted octanol–water partition coefficient (Wildman–Crippen LogP) is -2.59. The smallest absolute Gasteiger partial charge is 0.394 e. The zero-order chi connectivity index (χ0) is 6.62. The molecule has 0 unspecified atom stereocenters. The molecule has 6 heteroatoms. The largest absolute Gasteiger partial charge is 0.671 e. The molecule has 0 aliphatic carbocycles. The molecule has 0 aromatic rings. The third-order valence-electron chi connectivity index (χ3n) is 0.387. The second-order valence-corrected chi connectivity index (χ2v) is 2.58. The van der Waals surface area contributed by atoms with Crippen molar-refractivity contribution in [1.82, 2.24) is 0 Å². The maximum absolute atomic E-state index is 8.07. The van der Waals surface area contributed by atoms with E-state index in [1.807, 2.05) is 0 Å². The first-order valence-corrected chi connectivity index (χ1v) is 3.73. The Kier molecular flexibility index (Phi) is 3.13. The molecule has 0 bridgehead atoms. The van der Waals surface area contributed by atoms with Crippen LogP contribution in [-0.4, -0.2) is 41.8 Å². The molecule has 0 atom stereocenters. The van der Waals surface area contributed by atoms with Crippen molar-refractivity contribution in [1.29, 1.82) is 0 Å². The molecule has 0 spiro atoms. The Hall–Kier alpha value is 0.0169. The van der Waals surface area contributed by atoms with E-state index in [1.54, 1.807) is 0 Å². The molecule has 0 aromatic heterocycles. The van der Waals surface area contributed by atoms with E-state index in [-0.39, 0.29) is 13.2 Å². The molecule has 0 saturated heterocycles. The quantitative estimate of drug-likeness (QED) is 0.323. The van der Waals surface area contributed by atoms with Gasteiger partial charge in [-0.1, -0.05) is 0 Å². The molecule has 0 rings (SSSR count). The Balaban J connectivity index is 3.11. The zero-order valence-corrected chi connectivity index (χ0v) is 5.11. The Morgan fingerprint density at radius 1 is 1.25 bits per heavy atom. The minimum Gasteiger partial charge on any atom is -0.394 e. The Labute approximate surface area is 47.3 Å². The summed E-state index contributed by atoms with van der Waals surface area (Å²) >= 11 is 0. The van der Waals surface area contributed by atoms with Crippen molar-refractivity contribution in [3.63, 3.8) is 0 Å². The molecule has 0 aliphatic rings. The van der Waals surface area contributed by atoms with Gasteiger partial charge in [-0.05, 0) is 0 Å². The summed E-state index contributed by atoms with van der Waals surface area (Å²) in [4.78, 5) is 24.2. The molecule has 0 fully saturated rings. The van der Waals surface area contributed by atoms with Gasteiger partial charge < -0.3 is 23.9 Å². The van der Waals surface area contributed by atoms with Crippen LogP contribution in [-0.2, 0) is 4.43 Å². The Bertz CT molecular complexity index is 57.9. The van der Waals surface area contributed by atoms with Gasteiger partial charge in [0, 0.05) is 0 Å². The van der Waals surface area contributed by atoms with Gasteiger partial charge in [0.25, 0.3) is 0 Å². The van der Waals surface area contributed by atoms with Crippen LogP contribution in [0.5, 0.6) is 0 Å². The van der Waals surface area contributed by atoms with Gasteiger partial charge in [0.2, 0.25) is 0 Å². The molecule has 4 N–H and O–H groups in total. The molecule has 0 aromatic carbocycles. The van der Waals surface area contributed by atoms with Gasteiger partial charge in [-0.15, -0.1) is 0 Å². The third-order valence-corrected chi connectivity index (χ3v) is 0.978. The second-order valence-electron chi connectivity index (χ2n) is 1.15. The molecule has 0 heterocycles. The highest BCUT2D eigenvalue weighted by Crippen LogP contribution is 1.85. The maximum atomic E-state index is 8.07. The minimum atomic E-state index is -4.34. The molecule has 0 radical (unpaired) electrons. The van der Waals surface area contributed by atoms with E-state index in [0.717, 1.165) is 0 Å². The number of hydrogen-bond acceptors (Lipinski definition) is 5. The van der Waals surface area contributed by atoms with E-state index in [2.05, 4.69) is 4.43 Å². The summed E-state index contributed by atoms with van der Waals surface area (Å²) in [6.07, 6.45) is 0. The normalized spacial score (nSPS) is 12.0. The topological polar surface area (TPSA) is 90.2 Å². The molecule has 50 valence electrons. The highest BCUT2D eigenvalue weighted by Gasteiger charge is 2.29. The summed E-state index contributed by atoms with van der Waals surface area (Å²) in [5.41, 5.74) is 0. The van der Waals surface area contributed by atoms with Crippen LogP contribution in [0.25, 0.3) is 0 Å². The first-order chi connectivity index (χ1) is 3.56. The van der Waals surface area contributed by atoms with E-state index in [1.165, 1.54) is 0 Å². The van der Waals surface area contributed by atoms with Gasteiger partial charge in [-0.2, -0.15) is 0 Å². The molecular weight excluding hydrogens is 132 g/mol. The lowest BCUT2D eigenvalue weighted by Crippen LogP contribution is -2.39. The second kappa shape index (κ2) is 3.12.